The number of nitrogens with one attached hydrogen (secondary N) is 2. The molecule has 6 nitrogen and oxygen atoms in total. The van der Waals surface area contributed by atoms with Crippen molar-refractivity contribution in [1.29, 1.82) is 0 Å². The summed E-state index contributed by atoms with van der Waals surface area (Å²) in [6.45, 7) is 11.8. The molecule has 1 saturated heterocycles. The van der Waals surface area contributed by atoms with E-state index in [0.717, 1.165) is 54.9 Å². The van der Waals surface area contributed by atoms with Gasteiger partial charge in [-0.1, -0.05) is 43.7 Å². The molecule has 0 spiro atoms. The zero-order valence-electron chi connectivity index (χ0n) is 16.3. The maximum Gasteiger partial charge on any atom is 0.184 e. The van der Waals surface area contributed by atoms with Gasteiger partial charge in [0.2, 0.25) is 0 Å². The highest BCUT2D eigenvalue weighted by Crippen LogP contribution is 2.35. The molecule has 1 aliphatic rings. The first-order chi connectivity index (χ1) is 12.9. The average Bonchev–Trinajstić information content (AvgIpc) is 3.03. The van der Waals surface area contributed by atoms with Crippen molar-refractivity contribution in [3.05, 3.63) is 41.6 Å². The van der Waals surface area contributed by atoms with Gasteiger partial charge in [0.15, 0.2) is 5.65 Å². The van der Waals surface area contributed by atoms with Crippen molar-refractivity contribution in [3.63, 3.8) is 0 Å². The molecule has 0 atom stereocenters. The molecule has 0 bridgehead atoms. The standard InChI is InChI=1S/C21H28N6/c1-14-4-6-15(7-5-14)16-12-17(24-20-18(16)19(22)25-26-20)21(2,3)13-27-10-8-23-9-11-27/h4-7,12,23H,8-11,13H2,1-3H3,(H3,22,24,25,26). The zero-order valence-corrected chi connectivity index (χ0v) is 16.3. The van der Waals surface area contributed by atoms with Gasteiger partial charge < -0.3 is 11.1 Å². The molecule has 1 aliphatic heterocycles. The van der Waals surface area contributed by atoms with Gasteiger partial charge in [0.05, 0.1) is 11.1 Å². The van der Waals surface area contributed by atoms with Gasteiger partial charge >= 0.3 is 0 Å². The Kier molecular flexibility index (Phi) is 4.61. The predicted molar refractivity (Wildman–Crippen MR) is 111 cm³/mol. The van der Waals surface area contributed by atoms with Gasteiger partial charge in [0.1, 0.15) is 5.82 Å². The van der Waals surface area contributed by atoms with Crippen LogP contribution in [0.5, 0.6) is 0 Å². The Labute approximate surface area is 160 Å². The van der Waals surface area contributed by atoms with Crippen molar-refractivity contribution in [2.75, 3.05) is 38.5 Å². The molecule has 0 unspecified atom stereocenters. The van der Waals surface area contributed by atoms with Crippen molar-refractivity contribution in [2.45, 2.75) is 26.2 Å². The minimum atomic E-state index is -0.0846. The van der Waals surface area contributed by atoms with Crippen LogP contribution in [-0.2, 0) is 5.41 Å². The zero-order chi connectivity index (χ0) is 19.0. The SMILES string of the molecule is Cc1ccc(-c2cc(C(C)(C)CN3CCNCC3)nc3n[nH]c(N)c23)cc1. The van der Waals surface area contributed by atoms with Gasteiger partial charge in [-0.2, -0.15) is 5.10 Å². The lowest BCUT2D eigenvalue weighted by atomic mass is 9.86. The number of aromatic amines is 1. The highest BCUT2D eigenvalue weighted by Gasteiger charge is 2.28. The molecule has 3 aromatic rings. The van der Waals surface area contributed by atoms with Crippen LogP contribution >= 0.6 is 0 Å². The summed E-state index contributed by atoms with van der Waals surface area (Å²) in [4.78, 5) is 7.38. The third kappa shape index (κ3) is 3.55. The third-order valence-corrected chi connectivity index (χ3v) is 5.44. The van der Waals surface area contributed by atoms with Gasteiger partial charge in [-0.15, -0.1) is 0 Å². The molecule has 0 amide bonds. The van der Waals surface area contributed by atoms with E-state index in [9.17, 15) is 0 Å². The second kappa shape index (κ2) is 6.94. The lowest BCUT2D eigenvalue weighted by molar-refractivity contribution is 0.198. The van der Waals surface area contributed by atoms with Crippen molar-refractivity contribution >= 4 is 16.9 Å². The van der Waals surface area contributed by atoms with Crippen LogP contribution in [0.4, 0.5) is 5.82 Å². The molecular weight excluding hydrogens is 336 g/mol. The number of hydrogen-bond acceptors (Lipinski definition) is 5. The third-order valence-electron chi connectivity index (χ3n) is 5.44. The first-order valence-corrected chi connectivity index (χ1v) is 9.59. The average molecular weight is 364 g/mol. The number of nitrogens with zero attached hydrogens (tertiary/aromatic N) is 3. The normalized spacial score (nSPS) is 16.1. The molecule has 4 rings (SSSR count). The Hall–Kier alpha value is -2.44. The summed E-state index contributed by atoms with van der Waals surface area (Å²) in [6.07, 6.45) is 0. The van der Waals surface area contributed by atoms with Gasteiger partial charge in [-0.05, 0) is 24.1 Å². The highest BCUT2D eigenvalue weighted by atomic mass is 15.2. The quantitative estimate of drug-likeness (QED) is 0.663. The molecule has 1 aromatic carbocycles. The van der Waals surface area contributed by atoms with Gasteiger partial charge in [-0.3, -0.25) is 10.00 Å². The number of benzene rings is 1. The molecule has 0 radical (unpaired) electrons. The van der Waals surface area contributed by atoms with E-state index >= 15 is 0 Å². The van der Waals surface area contributed by atoms with Crippen molar-refractivity contribution in [3.8, 4) is 11.1 Å². The Morgan fingerprint density at radius 2 is 1.85 bits per heavy atom. The summed E-state index contributed by atoms with van der Waals surface area (Å²) >= 11 is 0. The van der Waals surface area contributed by atoms with Gasteiger partial charge in [-0.25, -0.2) is 4.98 Å². The van der Waals surface area contributed by atoms with E-state index in [2.05, 4.69) is 71.5 Å². The Morgan fingerprint density at radius 3 is 2.56 bits per heavy atom. The minimum Gasteiger partial charge on any atom is -0.383 e. The molecule has 6 heteroatoms. The van der Waals surface area contributed by atoms with Crippen LogP contribution in [0.15, 0.2) is 30.3 Å². The molecule has 0 saturated carbocycles. The van der Waals surface area contributed by atoms with Gasteiger partial charge in [0, 0.05) is 38.1 Å². The van der Waals surface area contributed by atoms with Crippen molar-refractivity contribution in [1.82, 2.24) is 25.4 Å². The molecule has 3 heterocycles. The number of H-pyrrole nitrogens is 1. The summed E-state index contributed by atoms with van der Waals surface area (Å²) in [6, 6.07) is 10.7. The molecule has 4 N–H and O–H groups in total. The number of nitrogen functional groups attached to an aromatic ring is 1. The van der Waals surface area contributed by atoms with E-state index in [4.69, 9.17) is 10.7 Å². The lowest BCUT2D eigenvalue weighted by Gasteiger charge is -2.35. The van der Waals surface area contributed by atoms with Crippen LogP contribution in [0.25, 0.3) is 22.2 Å². The fourth-order valence-electron chi connectivity index (χ4n) is 3.86. The lowest BCUT2D eigenvalue weighted by Crippen LogP contribution is -2.48. The van der Waals surface area contributed by atoms with Crippen molar-refractivity contribution in [2.24, 2.45) is 0 Å². The smallest absolute Gasteiger partial charge is 0.184 e. The Bertz CT molecular complexity index is 935. The van der Waals surface area contributed by atoms with E-state index in [0.29, 0.717) is 11.5 Å². The maximum atomic E-state index is 6.18. The van der Waals surface area contributed by atoms with Crippen LogP contribution in [0.3, 0.4) is 0 Å². The second-order valence-electron chi connectivity index (χ2n) is 8.17. The Balaban J connectivity index is 1.78. The van der Waals surface area contributed by atoms with Gasteiger partial charge in [0.25, 0.3) is 0 Å². The number of hydrogen-bond donors (Lipinski definition) is 3. The fourth-order valence-corrected chi connectivity index (χ4v) is 3.86. The Morgan fingerprint density at radius 1 is 1.15 bits per heavy atom. The number of aryl methyl sites for hydroxylation is 1. The minimum absolute atomic E-state index is 0.0846. The first-order valence-electron chi connectivity index (χ1n) is 9.59. The van der Waals surface area contributed by atoms with E-state index in [1.54, 1.807) is 0 Å². The molecular formula is C21H28N6. The number of anilines is 1. The number of rotatable bonds is 4. The first kappa shape index (κ1) is 17.9. The largest absolute Gasteiger partial charge is 0.383 e. The van der Waals surface area contributed by atoms with Crippen LogP contribution < -0.4 is 11.1 Å². The molecule has 27 heavy (non-hydrogen) atoms. The molecule has 2 aromatic heterocycles. The monoisotopic (exact) mass is 364 g/mol. The summed E-state index contributed by atoms with van der Waals surface area (Å²) < 4.78 is 0. The summed E-state index contributed by atoms with van der Waals surface area (Å²) in [7, 11) is 0. The summed E-state index contributed by atoms with van der Waals surface area (Å²) in [5.41, 5.74) is 11.3. The number of aromatic nitrogens is 3. The van der Waals surface area contributed by atoms with E-state index in [1.807, 2.05) is 0 Å². The van der Waals surface area contributed by atoms with Crippen LogP contribution in [-0.4, -0.2) is 52.8 Å². The molecule has 0 aliphatic carbocycles. The number of piperazine rings is 1. The second-order valence-corrected chi connectivity index (χ2v) is 8.17. The summed E-state index contributed by atoms with van der Waals surface area (Å²) in [5, 5.41) is 11.6. The molecule has 142 valence electrons. The number of nitrogens with two attached hydrogens (primary N) is 1. The van der Waals surface area contributed by atoms with E-state index in [-0.39, 0.29) is 5.41 Å². The van der Waals surface area contributed by atoms with E-state index < -0.39 is 0 Å². The summed E-state index contributed by atoms with van der Waals surface area (Å²) in [5.74, 6) is 0.569. The topological polar surface area (TPSA) is 82.9 Å². The fraction of sp³-hybridized carbons (Fsp3) is 0.429. The van der Waals surface area contributed by atoms with Crippen LogP contribution in [0.1, 0.15) is 25.1 Å². The predicted octanol–water partition coefficient (Wildman–Crippen LogP) is 2.70. The highest BCUT2D eigenvalue weighted by molar-refractivity contribution is 6.00. The van der Waals surface area contributed by atoms with Crippen LogP contribution in [0, 0.1) is 6.92 Å². The van der Waals surface area contributed by atoms with Crippen molar-refractivity contribution < 1.29 is 0 Å². The van der Waals surface area contributed by atoms with Crippen LogP contribution in [0.2, 0.25) is 0 Å². The molecule has 1 fully saturated rings. The maximum absolute atomic E-state index is 6.18. The number of fused-ring (bicyclic) bond motifs is 1. The number of pyridine rings is 1. The van der Waals surface area contributed by atoms with E-state index in [1.165, 1.54) is 5.56 Å².